The normalized spacial score (nSPS) is 21.2. The number of H-pyrrole nitrogens is 1. The molecule has 0 saturated carbocycles. The van der Waals surface area contributed by atoms with Gasteiger partial charge in [-0.25, -0.2) is 8.78 Å². The molecule has 7 heteroatoms. The van der Waals surface area contributed by atoms with E-state index in [0.717, 1.165) is 22.0 Å². The Morgan fingerprint density at radius 1 is 1.07 bits per heavy atom. The van der Waals surface area contributed by atoms with E-state index in [9.17, 15) is 18.4 Å². The summed E-state index contributed by atoms with van der Waals surface area (Å²) in [6.07, 6.45) is 1.10. The summed E-state index contributed by atoms with van der Waals surface area (Å²) in [5.74, 6) is -0.899. The van der Waals surface area contributed by atoms with E-state index < -0.39 is 5.54 Å². The van der Waals surface area contributed by atoms with Gasteiger partial charge in [-0.05, 0) is 61.2 Å². The maximum absolute atomic E-state index is 13.8. The highest BCUT2D eigenvalue weighted by Crippen LogP contribution is 2.42. The summed E-state index contributed by atoms with van der Waals surface area (Å²) in [5.41, 5.74) is 2.06. The van der Waals surface area contributed by atoms with E-state index in [1.165, 1.54) is 24.3 Å². The highest BCUT2D eigenvalue weighted by Gasteiger charge is 2.53. The molecule has 154 valence electrons. The van der Waals surface area contributed by atoms with E-state index in [0.29, 0.717) is 31.6 Å². The summed E-state index contributed by atoms with van der Waals surface area (Å²) in [4.78, 5) is 33.0. The van der Waals surface area contributed by atoms with Crippen LogP contribution in [0.5, 0.6) is 0 Å². The Balaban J connectivity index is 1.50. The first kappa shape index (κ1) is 18.8. The number of nitrogens with zero attached hydrogens (tertiary/aromatic N) is 2. The van der Waals surface area contributed by atoms with Crippen LogP contribution in [0.1, 0.15) is 23.7 Å². The Morgan fingerprint density at radius 3 is 2.57 bits per heavy atom. The Morgan fingerprint density at radius 2 is 1.80 bits per heavy atom. The number of carbonyl (C=O) groups is 2. The van der Waals surface area contributed by atoms with E-state index in [2.05, 4.69) is 4.98 Å². The van der Waals surface area contributed by atoms with Gasteiger partial charge in [0.2, 0.25) is 5.91 Å². The lowest BCUT2D eigenvalue weighted by molar-refractivity contribution is -0.165. The molecule has 1 aromatic heterocycles. The molecular formula is C23H21F2N3O2. The zero-order chi connectivity index (χ0) is 21.0. The average molecular weight is 409 g/mol. The molecule has 2 aliphatic rings. The molecule has 0 spiro atoms. The van der Waals surface area contributed by atoms with Crippen molar-refractivity contribution in [1.29, 1.82) is 0 Å². The molecule has 1 fully saturated rings. The Labute approximate surface area is 172 Å². The number of aromatic amines is 1. The lowest BCUT2D eigenvalue weighted by Gasteiger charge is -2.49. The van der Waals surface area contributed by atoms with Crippen molar-refractivity contribution in [3.05, 3.63) is 70.9 Å². The second-order valence-electron chi connectivity index (χ2n) is 8.14. The van der Waals surface area contributed by atoms with Crippen molar-refractivity contribution in [2.75, 3.05) is 19.6 Å². The van der Waals surface area contributed by atoms with Crippen molar-refractivity contribution in [1.82, 2.24) is 14.8 Å². The lowest BCUT2D eigenvalue weighted by Crippen LogP contribution is -2.67. The number of aromatic nitrogens is 1. The molecule has 5 nitrogen and oxygen atoms in total. The van der Waals surface area contributed by atoms with E-state index in [4.69, 9.17) is 0 Å². The van der Waals surface area contributed by atoms with Gasteiger partial charge in [-0.1, -0.05) is 12.1 Å². The van der Waals surface area contributed by atoms with Gasteiger partial charge in [-0.2, -0.15) is 0 Å². The van der Waals surface area contributed by atoms with Gasteiger partial charge in [-0.3, -0.25) is 9.59 Å². The lowest BCUT2D eigenvalue weighted by atomic mass is 9.83. The minimum Gasteiger partial charge on any atom is -0.356 e. The van der Waals surface area contributed by atoms with Gasteiger partial charge in [0, 0.05) is 24.0 Å². The number of hydrogen-bond acceptors (Lipinski definition) is 2. The van der Waals surface area contributed by atoms with Gasteiger partial charge in [0.15, 0.2) is 5.54 Å². The number of benzene rings is 2. The summed E-state index contributed by atoms with van der Waals surface area (Å²) < 4.78 is 27.0. The number of amides is 2. The highest BCUT2D eigenvalue weighted by atomic mass is 19.1. The van der Waals surface area contributed by atoms with Crippen molar-refractivity contribution < 1.29 is 18.4 Å². The van der Waals surface area contributed by atoms with Crippen molar-refractivity contribution in [2.45, 2.75) is 25.3 Å². The number of piperazine rings is 1. The van der Waals surface area contributed by atoms with Gasteiger partial charge < -0.3 is 14.8 Å². The van der Waals surface area contributed by atoms with Crippen LogP contribution >= 0.6 is 0 Å². The molecule has 0 bridgehead atoms. The number of hydrogen-bond donors (Lipinski definition) is 1. The second-order valence-corrected chi connectivity index (χ2v) is 8.14. The van der Waals surface area contributed by atoms with E-state index in [1.54, 1.807) is 34.9 Å². The van der Waals surface area contributed by atoms with Gasteiger partial charge in [0.1, 0.15) is 11.6 Å². The smallest absolute Gasteiger partial charge is 0.254 e. The average Bonchev–Trinajstić information content (AvgIpc) is 3.10. The first-order valence-electron chi connectivity index (χ1n) is 10.0. The summed E-state index contributed by atoms with van der Waals surface area (Å²) in [6, 6.07) is 10.7. The minimum absolute atomic E-state index is 0.0276. The van der Waals surface area contributed by atoms with Crippen LogP contribution in [-0.4, -0.2) is 46.2 Å². The molecule has 3 aromatic rings. The third-order valence-electron chi connectivity index (χ3n) is 6.39. The maximum atomic E-state index is 13.8. The van der Waals surface area contributed by atoms with Crippen LogP contribution in [-0.2, 0) is 28.0 Å². The van der Waals surface area contributed by atoms with Crippen LogP contribution < -0.4 is 0 Å². The summed E-state index contributed by atoms with van der Waals surface area (Å²) in [7, 11) is 0. The molecule has 1 N–H and O–H groups in total. The number of nitrogens with one attached hydrogen (secondary N) is 1. The van der Waals surface area contributed by atoms with E-state index in [-0.39, 0.29) is 30.0 Å². The number of carbonyl (C=O) groups excluding carboxylic acids is 2. The predicted octanol–water partition coefficient (Wildman–Crippen LogP) is 3.13. The Bertz CT molecular complexity index is 1170. The fourth-order valence-electron chi connectivity index (χ4n) is 4.80. The van der Waals surface area contributed by atoms with Crippen LogP contribution in [0, 0.1) is 11.6 Å². The Hall–Kier alpha value is -3.22. The standard InChI is InChI=1S/C23H21F2N3O2/c1-23-21-17(18-12-16(25)6-7-19(18)26-21)9-11-28(23)20(29)13-27(22(23)30)10-8-14-2-4-15(24)5-3-14/h2-7,12,26H,8-11,13H2,1H3. The molecule has 2 aliphatic heterocycles. The predicted molar refractivity (Wildman–Crippen MR) is 108 cm³/mol. The summed E-state index contributed by atoms with van der Waals surface area (Å²) in [5, 5.41) is 0.759. The van der Waals surface area contributed by atoms with Crippen molar-refractivity contribution >= 4 is 22.7 Å². The van der Waals surface area contributed by atoms with Gasteiger partial charge in [0.05, 0.1) is 12.2 Å². The highest BCUT2D eigenvalue weighted by molar-refractivity contribution is 6.00. The van der Waals surface area contributed by atoms with Crippen LogP contribution in [0.25, 0.3) is 10.9 Å². The third kappa shape index (κ3) is 2.72. The second kappa shape index (κ2) is 6.65. The molecule has 3 heterocycles. The third-order valence-corrected chi connectivity index (χ3v) is 6.39. The molecule has 0 radical (unpaired) electrons. The molecule has 1 unspecified atom stereocenters. The van der Waals surface area contributed by atoms with E-state index in [1.807, 2.05) is 0 Å². The van der Waals surface area contributed by atoms with Crippen LogP contribution in [0.15, 0.2) is 42.5 Å². The molecule has 0 aliphatic carbocycles. The molecular weight excluding hydrogens is 388 g/mol. The fourth-order valence-corrected chi connectivity index (χ4v) is 4.80. The SMILES string of the molecule is CC12C(=O)N(CCc3ccc(F)cc3)CC(=O)N1CCc1c2[nH]c2ccc(F)cc12. The van der Waals surface area contributed by atoms with Gasteiger partial charge >= 0.3 is 0 Å². The quantitative estimate of drug-likeness (QED) is 0.723. The monoisotopic (exact) mass is 409 g/mol. The van der Waals surface area contributed by atoms with Gasteiger partial charge in [0.25, 0.3) is 5.91 Å². The van der Waals surface area contributed by atoms with Crippen molar-refractivity contribution in [2.24, 2.45) is 0 Å². The number of fused-ring (bicyclic) bond motifs is 5. The topological polar surface area (TPSA) is 56.4 Å². The van der Waals surface area contributed by atoms with Crippen molar-refractivity contribution in [3.8, 4) is 0 Å². The van der Waals surface area contributed by atoms with E-state index >= 15 is 0 Å². The molecule has 2 aromatic carbocycles. The van der Waals surface area contributed by atoms with Crippen LogP contribution in [0.2, 0.25) is 0 Å². The number of halogens is 2. The largest absolute Gasteiger partial charge is 0.356 e. The zero-order valence-electron chi connectivity index (χ0n) is 16.5. The fraction of sp³-hybridized carbons (Fsp3) is 0.304. The maximum Gasteiger partial charge on any atom is 0.254 e. The number of rotatable bonds is 3. The molecule has 2 amide bonds. The van der Waals surface area contributed by atoms with Crippen LogP contribution in [0.3, 0.4) is 0 Å². The summed E-state index contributed by atoms with van der Waals surface area (Å²) in [6.45, 7) is 2.58. The van der Waals surface area contributed by atoms with Crippen LogP contribution in [0.4, 0.5) is 8.78 Å². The molecule has 5 rings (SSSR count). The molecule has 1 atom stereocenters. The van der Waals surface area contributed by atoms with Gasteiger partial charge in [-0.15, -0.1) is 0 Å². The zero-order valence-corrected chi connectivity index (χ0v) is 16.5. The Kier molecular flexibility index (Phi) is 4.17. The molecule has 30 heavy (non-hydrogen) atoms. The summed E-state index contributed by atoms with van der Waals surface area (Å²) >= 11 is 0. The first-order valence-corrected chi connectivity index (χ1v) is 10.0. The minimum atomic E-state index is -1.15. The molecule has 1 saturated heterocycles. The van der Waals surface area contributed by atoms with Crippen molar-refractivity contribution in [3.63, 3.8) is 0 Å². The first-order chi connectivity index (χ1) is 14.4.